The molecule has 0 bridgehead atoms. The van der Waals surface area contributed by atoms with E-state index in [2.05, 4.69) is 36.0 Å². The zero-order chi connectivity index (χ0) is 51.6. The monoisotopic (exact) mass is 1020 g/mol. The molecule has 1 aliphatic carbocycles. The number of esters is 1. The van der Waals surface area contributed by atoms with Gasteiger partial charge in [0.15, 0.2) is 22.2 Å². The number of fused-ring (bicyclic) bond motifs is 1. The number of carbonyl (C=O) groups is 3. The largest absolute Gasteiger partial charge is 0.511 e. The molecule has 5 rings (SSSR count). The number of halogens is 4. The fourth-order valence-corrected chi connectivity index (χ4v) is 9.58. The van der Waals surface area contributed by atoms with Crippen LogP contribution in [0.3, 0.4) is 0 Å². The second-order valence-electron chi connectivity index (χ2n) is 16.5. The first-order valence-electron chi connectivity index (χ1n) is 22.8. The minimum atomic E-state index is -4.76. The zero-order valence-electron chi connectivity index (χ0n) is 40.6. The Morgan fingerprint density at radius 1 is 1.04 bits per heavy atom. The fourth-order valence-electron chi connectivity index (χ4n) is 7.49. The number of aliphatic hydroxyl groups excluding tert-OH is 1. The highest BCUT2D eigenvalue weighted by Crippen LogP contribution is 2.35. The van der Waals surface area contributed by atoms with Gasteiger partial charge in [-0.15, -0.1) is 0 Å². The van der Waals surface area contributed by atoms with Crippen LogP contribution >= 0.6 is 23.4 Å². The number of carbonyl (C=O) groups excluding carboxylic acids is 3. The molecule has 3 atom stereocenters. The van der Waals surface area contributed by atoms with Gasteiger partial charge in [0, 0.05) is 48.5 Å². The Labute approximate surface area is 411 Å². The number of unbranched alkanes of at least 4 members (excludes halogenated alkanes) is 2. The number of benzene rings is 2. The molecule has 0 spiro atoms. The Bertz CT molecular complexity index is 2570. The van der Waals surface area contributed by atoms with E-state index in [-0.39, 0.29) is 47.4 Å². The van der Waals surface area contributed by atoms with Crippen molar-refractivity contribution in [1.29, 1.82) is 0 Å². The molecule has 20 heteroatoms. The van der Waals surface area contributed by atoms with Crippen LogP contribution in [0.4, 0.5) is 13.2 Å². The number of aromatic nitrogens is 3. The molecule has 2 aromatic carbocycles. The number of sulfone groups is 1. The predicted molar refractivity (Wildman–Crippen MR) is 263 cm³/mol. The molecule has 2 N–H and O–H groups in total. The van der Waals surface area contributed by atoms with Gasteiger partial charge in [-0.05, 0) is 101 Å². The molecule has 0 radical (unpaired) electrons. The average molecular weight is 1030 g/mol. The third kappa shape index (κ3) is 17.3. The smallest absolute Gasteiger partial charge is 0.416 e. The molecule has 0 saturated carbocycles. The number of ketones is 2. The summed E-state index contributed by atoms with van der Waals surface area (Å²) >= 11 is 8.03. The molecule has 3 unspecified atom stereocenters. The average Bonchev–Trinajstić information content (AvgIpc) is 3.53. The molecular weight excluding hydrogens is 961 g/mol. The van der Waals surface area contributed by atoms with Crippen molar-refractivity contribution >= 4 is 67.4 Å². The highest BCUT2D eigenvalue weighted by molar-refractivity contribution is 7.99. The maximum Gasteiger partial charge on any atom is 0.416 e. The first-order valence-corrected chi connectivity index (χ1v) is 26.1. The van der Waals surface area contributed by atoms with Crippen LogP contribution in [0.15, 0.2) is 70.0 Å². The van der Waals surface area contributed by atoms with E-state index in [0.29, 0.717) is 77.1 Å². The van der Waals surface area contributed by atoms with Gasteiger partial charge in [-0.1, -0.05) is 63.7 Å². The summed E-state index contributed by atoms with van der Waals surface area (Å²) in [5.74, 6) is 0.255. The van der Waals surface area contributed by atoms with E-state index in [0.717, 1.165) is 60.4 Å². The number of oxime groups is 1. The predicted octanol–water partition coefficient (Wildman–Crippen LogP) is 11.4. The molecular formula is C49H64ClF3N4O10S2. The summed E-state index contributed by atoms with van der Waals surface area (Å²) in [6.45, 7) is 14.0. The Hall–Kier alpha value is -5.14. The van der Waals surface area contributed by atoms with E-state index in [4.69, 9.17) is 25.9 Å². The Balaban J connectivity index is 0.000000274. The number of hydrogen-bond acceptors (Lipinski definition) is 14. The summed E-state index contributed by atoms with van der Waals surface area (Å²) in [7, 11) is -2.75. The molecule has 4 aromatic rings. The number of aromatic hydroxyl groups is 1. The highest BCUT2D eigenvalue weighted by Gasteiger charge is 2.35. The van der Waals surface area contributed by atoms with E-state index >= 15 is 0 Å². The van der Waals surface area contributed by atoms with Crippen LogP contribution in [0.2, 0.25) is 5.02 Å². The van der Waals surface area contributed by atoms with E-state index in [1.807, 2.05) is 44.7 Å². The minimum absolute atomic E-state index is 0.00866. The van der Waals surface area contributed by atoms with Crippen LogP contribution in [0.25, 0.3) is 10.9 Å². The van der Waals surface area contributed by atoms with Gasteiger partial charge < -0.3 is 24.5 Å². The van der Waals surface area contributed by atoms with Crippen molar-refractivity contribution in [3.8, 4) is 11.6 Å². The van der Waals surface area contributed by atoms with Crippen LogP contribution in [-0.4, -0.2) is 93.2 Å². The Morgan fingerprint density at radius 2 is 1.75 bits per heavy atom. The van der Waals surface area contributed by atoms with Crippen molar-refractivity contribution in [1.82, 2.24) is 14.8 Å². The molecule has 2 aromatic heterocycles. The van der Waals surface area contributed by atoms with E-state index < -0.39 is 43.7 Å². The van der Waals surface area contributed by atoms with Crippen LogP contribution in [-0.2, 0) is 42.2 Å². The topological polar surface area (TPSA) is 197 Å². The maximum atomic E-state index is 12.8. The number of alkyl halides is 3. The summed E-state index contributed by atoms with van der Waals surface area (Å²) in [6, 6.07) is 8.94. The summed E-state index contributed by atoms with van der Waals surface area (Å²) in [5, 5.41) is 30.0. The van der Waals surface area contributed by atoms with Crippen molar-refractivity contribution in [3.63, 3.8) is 0 Å². The molecule has 69 heavy (non-hydrogen) atoms. The first-order chi connectivity index (χ1) is 32.5. The van der Waals surface area contributed by atoms with Crippen LogP contribution in [0.5, 0.6) is 11.6 Å². The second kappa shape index (κ2) is 27.3. The minimum Gasteiger partial charge on any atom is -0.511 e. The van der Waals surface area contributed by atoms with Gasteiger partial charge in [-0.3, -0.25) is 14.6 Å². The van der Waals surface area contributed by atoms with Crippen molar-refractivity contribution in [3.05, 3.63) is 87.4 Å². The van der Waals surface area contributed by atoms with Crippen LogP contribution in [0, 0.1) is 12.8 Å². The fraction of sp³-hybridized carbons (Fsp3) is 0.510. The molecule has 0 saturated heterocycles. The normalized spacial score (nSPS) is 15.1. The number of aliphatic hydroxyl groups is 1. The Kier molecular flexibility index (Phi) is 23.0. The maximum absolute atomic E-state index is 12.8. The molecule has 0 fully saturated rings. The standard InChI is InChI=1S/C18H22ClNO3.C17H29NO3S.C14H13F3N2O4S/c1-3-4-5-7-13(2)23-17(21)12-22-16-10-9-15(19)14-8-6-11-20-18(14)16;1-5-8-14(18-21-6-2)17-15(19)10-13(11-16(17)20)9-12(4)22-7-3;1-7-11(13(21)19(2)18-7)12(20)9-5-4-8(14(15,16)17)6-10(9)24(3,22)23/h6,8-11,13H,3-5,7,12H2,1-2H3;12-13,19H,5-11H2,1-4H3;4-6,21H,1-3H3. The van der Waals surface area contributed by atoms with Crippen molar-refractivity contribution in [2.24, 2.45) is 18.1 Å². The highest BCUT2D eigenvalue weighted by atomic mass is 35.5. The van der Waals surface area contributed by atoms with E-state index in [1.54, 1.807) is 18.3 Å². The number of allylic oxidation sites excluding steroid dienone is 2. The van der Waals surface area contributed by atoms with Gasteiger partial charge in [-0.2, -0.15) is 30.0 Å². The van der Waals surface area contributed by atoms with Gasteiger partial charge in [0.1, 0.15) is 29.2 Å². The van der Waals surface area contributed by atoms with Crippen LogP contribution in [0.1, 0.15) is 127 Å². The lowest BCUT2D eigenvalue weighted by Gasteiger charge is -2.25. The van der Waals surface area contributed by atoms with Gasteiger partial charge >= 0.3 is 12.1 Å². The number of thioether (sulfide) groups is 1. The summed E-state index contributed by atoms with van der Waals surface area (Å²) < 4.78 is 74.0. The van der Waals surface area contributed by atoms with Gasteiger partial charge in [0.25, 0.3) is 0 Å². The summed E-state index contributed by atoms with van der Waals surface area (Å²) in [6.07, 6.45) is 5.34. The molecule has 380 valence electrons. The van der Waals surface area contributed by atoms with Crippen molar-refractivity contribution in [2.45, 2.75) is 129 Å². The number of pyridine rings is 1. The van der Waals surface area contributed by atoms with Gasteiger partial charge in [0.05, 0.1) is 38.6 Å². The molecule has 14 nitrogen and oxygen atoms in total. The molecule has 1 aliphatic rings. The SMILES string of the molecule is CCCC(=NOCC)C1=C(O)CC(CC(C)SCC)CC1=O.CCCCCC(C)OC(=O)COc1ccc(Cl)c2cccnc12.Cc1nn(C)c(O)c1C(=O)c1ccc(C(F)(F)F)cc1S(C)(=O)=O. The third-order valence-electron chi connectivity index (χ3n) is 10.7. The lowest BCUT2D eigenvalue weighted by Crippen LogP contribution is -2.26. The Morgan fingerprint density at radius 3 is 2.33 bits per heavy atom. The van der Waals surface area contributed by atoms with Crippen molar-refractivity contribution < 1.29 is 60.5 Å². The van der Waals surface area contributed by atoms with Crippen molar-refractivity contribution in [2.75, 3.05) is 25.2 Å². The van der Waals surface area contributed by atoms with E-state index in [1.165, 1.54) is 14.0 Å². The molecule has 0 aliphatic heterocycles. The number of nitrogens with zero attached hydrogens (tertiary/aromatic N) is 4. The number of ether oxygens (including phenoxy) is 2. The number of aryl methyl sites for hydroxylation is 2. The first kappa shape index (κ1) is 58.2. The second-order valence-corrected chi connectivity index (χ2v) is 20.6. The lowest BCUT2D eigenvalue weighted by molar-refractivity contribution is -0.151. The van der Waals surface area contributed by atoms with Crippen LogP contribution < -0.4 is 4.74 Å². The number of Topliss-reactive ketones (excluding diaryl/α,β-unsaturated/α-hetero) is 1. The summed E-state index contributed by atoms with van der Waals surface area (Å²) in [4.78, 5) is 45.5. The molecule has 2 heterocycles. The summed E-state index contributed by atoms with van der Waals surface area (Å²) in [5.41, 5.74) is -0.141. The number of hydrogen-bond donors (Lipinski definition) is 2. The lowest BCUT2D eigenvalue weighted by atomic mass is 9.82. The number of rotatable bonds is 20. The molecule has 0 amide bonds. The zero-order valence-corrected chi connectivity index (χ0v) is 43.0. The third-order valence-corrected chi connectivity index (χ3v) is 13.2. The quantitative estimate of drug-likeness (QED) is 0.0279. The van der Waals surface area contributed by atoms with Gasteiger partial charge in [0.2, 0.25) is 11.7 Å². The van der Waals surface area contributed by atoms with Gasteiger partial charge in [-0.25, -0.2) is 17.9 Å². The van der Waals surface area contributed by atoms with E-state index in [9.17, 15) is 46.2 Å².